The number of ketones is 1. The molecule has 0 aromatic carbocycles. The van der Waals surface area contributed by atoms with Crippen molar-refractivity contribution >= 4 is 5.78 Å². The van der Waals surface area contributed by atoms with Crippen LogP contribution in [0.1, 0.15) is 64.7 Å². The Labute approximate surface area is 158 Å². The van der Waals surface area contributed by atoms with Crippen LogP contribution in [-0.2, 0) is 14.3 Å². The molecule has 4 rings (SSSR count). The van der Waals surface area contributed by atoms with Crippen LogP contribution in [0.25, 0.3) is 0 Å². The minimum atomic E-state index is -0.424. The molecule has 3 unspecified atom stereocenters. The topological polar surface area (TPSA) is 35.5 Å². The first-order valence-electron chi connectivity index (χ1n) is 10.4. The Kier molecular flexibility index (Phi) is 4.68. The predicted octanol–water partition coefficient (Wildman–Crippen LogP) is 5.06. The van der Waals surface area contributed by atoms with Crippen LogP contribution in [0, 0.1) is 29.1 Å². The summed E-state index contributed by atoms with van der Waals surface area (Å²) in [5.41, 5.74) is 3.20. The fraction of sp³-hybridized carbons (Fsp3) is 0.783. The molecule has 0 aromatic rings. The van der Waals surface area contributed by atoms with Gasteiger partial charge in [-0.05, 0) is 62.2 Å². The number of hydrogen-bond acceptors (Lipinski definition) is 3. The number of methoxy groups -OCH3 is 2. The van der Waals surface area contributed by atoms with Gasteiger partial charge in [-0.3, -0.25) is 4.79 Å². The molecule has 0 N–H and O–H groups in total. The molecule has 144 valence electrons. The van der Waals surface area contributed by atoms with Gasteiger partial charge in [0, 0.05) is 38.9 Å². The van der Waals surface area contributed by atoms with Gasteiger partial charge < -0.3 is 9.47 Å². The molecular weight excluding hydrogens is 324 g/mol. The van der Waals surface area contributed by atoms with Crippen LogP contribution in [-0.4, -0.2) is 25.8 Å². The quantitative estimate of drug-likeness (QED) is 0.520. The second-order valence-electron chi connectivity index (χ2n) is 9.33. The second-order valence-corrected chi connectivity index (χ2v) is 9.33. The van der Waals surface area contributed by atoms with Gasteiger partial charge in [0.15, 0.2) is 5.79 Å². The molecule has 0 radical (unpaired) electrons. The lowest BCUT2D eigenvalue weighted by Gasteiger charge is -2.54. The highest BCUT2D eigenvalue weighted by molar-refractivity contribution is 5.87. The first-order chi connectivity index (χ1) is 12.5. The van der Waals surface area contributed by atoms with Crippen molar-refractivity contribution in [2.45, 2.75) is 70.5 Å². The molecule has 0 heterocycles. The maximum atomic E-state index is 12.7. The van der Waals surface area contributed by atoms with Gasteiger partial charge in [-0.1, -0.05) is 24.1 Å². The van der Waals surface area contributed by atoms with Crippen molar-refractivity contribution in [2.75, 3.05) is 14.2 Å². The maximum Gasteiger partial charge on any atom is 0.171 e. The van der Waals surface area contributed by atoms with Crippen molar-refractivity contribution in [1.29, 1.82) is 0 Å². The van der Waals surface area contributed by atoms with E-state index < -0.39 is 5.79 Å². The minimum absolute atomic E-state index is 0.0790. The molecule has 2 fully saturated rings. The Morgan fingerprint density at radius 3 is 2.65 bits per heavy atom. The van der Waals surface area contributed by atoms with Crippen molar-refractivity contribution < 1.29 is 14.3 Å². The molecule has 2 saturated carbocycles. The summed E-state index contributed by atoms with van der Waals surface area (Å²) in [6, 6.07) is 0. The average molecular weight is 359 g/mol. The van der Waals surface area contributed by atoms with E-state index in [9.17, 15) is 4.79 Å². The minimum Gasteiger partial charge on any atom is -0.353 e. The molecule has 4 aliphatic rings. The van der Waals surface area contributed by atoms with Crippen LogP contribution in [0.3, 0.4) is 0 Å². The molecule has 0 bridgehead atoms. The van der Waals surface area contributed by atoms with E-state index >= 15 is 0 Å². The summed E-state index contributed by atoms with van der Waals surface area (Å²) >= 11 is 0. The number of fused-ring (bicyclic) bond motifs is 4. The van der Waals surface area contributed by atoms with E-state index in [0.29, 0.717) is 29.5 Å². The largest absolute Gasteiger partial charge is 0.353 e. The third kappa shape index (κ3) is 2.57. The van der Waals surface area contributed by atoms with E-state index in [1.165, 1.54) is 6.42 Å². The molecule has 26 heavy (non-hydrogen) atoms. The average Bonchev–Trinajstić information content (AvgIpc) is 2.95. The van der Waals surface area contributed by atoms with Crippen LogP contribution < -0.4 is 0 Å². The molecular formula is C23H34O3. The lowest BCUT2D eigenvalue weighted by molar-refractivity contribution is -0.213. The third-order valence-corrected chi connectivity index (χ3v) is 8.42. The Hall–Kier alpha value is -0.930. The summed E-state index contributed by atoms with van der Waals surface area (Å²) in [7, 11) is 3.55. The number of Topliss-reactive ketones (excluding diaryl/α,β-unsaturated/α-hetero) is 1. The number of carbonyl (C=O) groups is 1. The highest BCUT2D eigenvalue weighted by Gasteiger charge is 2.58. The highest BCUT2D eigenvalue weighted by Crippen LogP contribution is 2.62. The van der Waals surface area contributed by atoms with Crippen LogP contribution in [0.4, 0.5) is 0 Å². The number of rotatable bonds is 4. The smallest absolute Gasteiger partial charge is 0.171 e. The number of hydrogen-bond donors (Lipinski definition) is 0. The van der Waals surface area contributed by atoms with E-state index in [1.54, 1.807) is 25.4 Å². The van der Waals surface area contributed by atoms with Gasteiger partial charge >= 0.3 is 0 Å². The highest BCUT2D eigenvalue weighted by atomic mass is 16.7. The summed E-state index contributed by atoms with van der Waals surface area (Å²) in [4.78, 5) is 12.7. The molecule has 0 amide bonds. The maximum absolute atomic E-state index is 12.7. The normalized spacial score (nSPS) is 41.4. The Morgan fingerprint density at radius 2 is 1.96 bits per heavy atom. The molecule has 4 aliphatic carbocycles. The Morgan fingerprint density at radius 1 is 1.19 bits per heavy atom. The molecule has 3 nitrogen and oxygen atoms in total. The van der Waals surface area contributed by atoms with Crippen LogP contribution >= 0.6 is 0 Å². The van der Waals surface area contributed by atoms with Crippen molar-refractivity contribution in [1.82, 2.24) is 0 Å². The van der Waals surface area contributed by atoms with E-state index in [-0.39, 0.29) is 5.41 Å². The van der Waals surface area contributed by atoms with Gasteiger partial charge in [0.2, 0.25) is 0 Å². The lowest BCUT2D eigenvalue weighted by Crippen LogP contribution is -2.49. The van der Waals surface area contributed by atoms with Crippen molar-refractivity contribution in [3.05, 3.63) is 23.8 Å². The summed E-state index contributed by atoms with van der Waals surface area (Å²) in [5.74, 6) is 2.59. The number of carbonyl (C=O) groups excluding carboxylic acids is 1. The molecule has 5 atom stereocenters. The zero-order valence-corrected chi connectivity index (χ0v) is 16.7. The lowest BCUT2D eigenvalue weighted by atomic mass is 9.50. The summed E-state index contributed by atoms with van der Waals surface area (Å²) in [6.45, 7) is 6.30. The van der Waals surface area contributed by atoms with E-state index in [0.717, 1.165) is 51.4 Å². The first-order valence-corrected chi connectivity index (χ1v) is 10.4. The fourth-order valence-corrected chi connectivity index (χ4v) is 7.14. The molecule has 3 heteroatoms. The zero-order valence-electron chi connectivity index (χ0n) is 16.7. The van der Waals surface area contributed by atoms with Gasteiger partial charge in [0.25, 0.3) is 0 Å². The first kappa shape index (κ1) is 18.4. The van der Waals surface area contributed by atoms with Gasteiger partial charge in [-0.2, -0.15) is 0 Å². The van der Waals surface area contributed by atoms with Crippen molar-refractivity contribution in [3.63, 3.8) is 0 Å². The number of ether oxygens (including phenoxy) is 2. The van der Waals surface area contributed by atoms with Crippen LogP contribution in [0.2, 0.25) is 0 Å². The standard InChI is InChI=1S/C23H34O3/c1-5-6-16-13-22(2)19(9-10-20(22)24)18-8-7-15-14-23(25-3,26-4)12-11-17(15)21(16)18/h5,16,18-19,21H,1,6-14H2,2-4H3/t16-,18?,19?,21?,22-/m0/s1. The SMILES string of the molecule is C=CC[C@H]1C[C@]2(C)C(=O)CCC2C2CCC3=C(CCC(OC)(OC)C3)C21. The number of allylic oxidation sites excluding steroid dienone is 2. The summed E-state index contributed by atoms with van der Waals surface area (Å²) < 4.78 is 11.5. The molecule has 0 spiro atoms. The van der Waals surface area contributed by atoms with Gasteiger partial charge in [0.1, 0.15) is 5.78 Å². The van der Waals surface area contributed by atoms with Gasteiger partial charge in [-0.25, -0.2) is 0 Å². The molecule has 0 saturated heterocycles. The van der Waals surface area contributed by atoms with Crippen LogP contribution in [0.5, 0.6) is 0 Å². The monoisotopic (exact) mass is 358 g/mol. The van der Waals surface area contributed by atoms with Gasteiger partial charge in [-0.15, -0.1) is 6.58 Å². The van der Waals surface area contributed by atoms with E-state index in [1.807, 2.05) is 0 Å². The Balaban J connectivity index is 1.70. The molecule has 0 aromatic heterocycles. The van der Waals surface area contributed by atoms with Crippen LogP contribution in [0.15, 0.2) is 23.8 Å². The zero-order chi connectivity index (χ0) is 18.5. The van der Waals surface area contributed by atoms with Crippen molar-refractivity contribution in [2.24, 2.45) is 29.1 Å². The third-order valence-electron chi connectivity index (χ3n) is 8.42. The fourth-order valence-electron chi connectivity index (χ4n) is 7.14. The van der Waals surface area contributed by atoms with E-state index in [2.05, 4.69) is 19.6 Å². The second kappa shape index (κ2) is 6.60. The summed E-state index contributed by atoms with van der Waals surface area (Å²) in [6.07, 6.45) is 11.4. The van der Waals surface area contributed by atoms with Crippen molar-refractivity contribution in [3.8, 4) is 0 Å². The predicted molar refractivity (Wildman–Crippen MR) is 103 cm³/mol. The van der Waals surface area contributed by atoms with Gasteiger partial charge in [0.05, 0.1) is 0 Å². The Bertz CT molecular complexity index is 629. The van der Waals surface area contributed by atoms with E-state index in [4.69, 9.17) is 9.47 Å². The molecule has 0 aliphatic heterocycles. The summed E-state index contributed by atoms with van der Waals surface area (Å²) in [5, 5.41) is 0.